The van der Waals surface area contributed by atoms with Crippen molar-refractivity contribution in [2.75, 3.05) is 6.61 Å². The molecule has 18 heavy (non-hydrogen) atoms. The number of hydrogen-bond donors (Lipinski definition) is 0. The molecule has 0 heterocycles. The van der Waals surface area contributed by atoms with Crippen LogP contribution in [0.1, 0.15) is 51.0 Å². The lowest BCUT2D eigenvalue weighted by Gasteiger charge is -2.38. The topological polar surface area (TPSA) is 9.23 Å². The van der Waals surface area contributed by atoms with E-state index in [4.69, 9.17) is 16.3 Å². The van der Waals surface area contributed by atoms with Crippen LogP contribution >= 0.6 is 11.6 Å². The Balaban J connectivity index is 2.38. The third-order valence-electron chi connectivity index (χ3n) is 3.66. The van der Waals surface area contributed by atoms with Crippen molar-refractivity contribution in [1.29, 1.82) is 0 Å². The molecule has 0 radical (unpaired) electrons. The zero-order valence-corrected chi connectivity index (χ0v) is 11.6. The van der Waals surface area contributed by atoms with E-state index < -0.39 is 5.60 Å². The Morgan fingerprint density at radius 2 is 2.00 bits per heavy atom. The van der Waals surface area contributed by atoms with Crippen LogP contribution in [0.4, 0.5) is 4.39 Å². The van der Waals surface area contributed by atoms with Gasteiger partial charge in [-0.1, -0.05) is 43.9 Å². The summed E-state index contributed by atoms with van der Waals surface area (Å²) in [6, 6.07) is 4.88. The molecule has 1 aromatic rings. The van der Waals surface area contributed by atoms with Crippen LogP contribution in [-0.2, 0) is 10.3 Å². The first-order chi connectivity index (χ1) is 8.69. The molecule has 0 bridgehead atoms. The summed E-state index contributed by atoms with van der Waals surface area (Å²) < 4.78 is 20.2. The fourth-order valence-electron chi connectivity index (χ4n) is 2.82. The third kappa shape index (κ3) is 2.70. The Bertz CT molecular complexity index is 379. The predicted octanol–water partition coefficient (Wildman–Crippen LogP) is 5.07. The summed E-state index contributed by atoms with van der Waals surface area (Å²) >= 11 is 6.21. The number of halogens is 2. The SMILES string of the molecule is CCCOC1(c2c(F)cccc2Cl)CCCCC1. The molecular formula is C15H20ClFO. The van der Waals surface area contributed by atoms with E-state index in [-0.39, 0.29) is 5.82 Å². The minimum Gasteiger partial charge on any atom is -0.370 e. The van der Waals surface area contributed by atoms with Crippen LogP contribution in [0.2, 0.25) is 5.02 Å². The van der Waals surface area contributed by atoms with Gasteiger partial charge in [0.2, 0.25) is 0 Å². The number of rotatable bonds is 4. The molecule has 0 aliphatic heterocycles. The molecule has 1 nitrogen and oxygen atoms in total. The van der Waals surface area contributed by atoms with Crippen molar-refractivity contribution >= 4 is 11.6 Å². The summed E-state index contributed by atoms with van der Waals surface area (Å²) in [7, 11) is 0. The Kier molecular flexibility index (Phi) is 4.63. The number of benzene rings is 1. The van der Waals surface area contributed by atoms with Crippen LogP contribution in [0.15, 0.2) is 18.2 Å². The lowest BCUT2D eigenvalue weighted by molar-refractivity contribution is -0.0778. The smallest absolute Gasteiger partial charge is 0.130 e. The van der Waals surface area contributed by atoms with E-state index in [2.05, 4.69) is 6.92 Å². The summed E-state index contributed by atoms with van der Waals surface area (Å²) in [6.07, 6.45) is 6.03. The van der Waals surface area contributed by atoms with Crippen molar-refractivity contribution in [3.05, 3.63) is 34.6 Å². The highest BCUT2D eigenvalue weighted by molar-refractivity contribution is 6.31. The van der Waals surface area contributed by atoms with Gasteiger partial charge in [0.05, 0.1) is 5.60 Å². The molecule has 0 atom stereocenters. The summed E-state index contributed by atoms with van der Waals surface area (Å²) in [5.41, 5.74) is 0.0660. The molecule has 0 unspecified atom stereocenters. The minimum absolute atomic E-state index is 0.236. The second-order valence-electron chi connectivity index (χ2n) is 5.00. The van der Waals surface area contributed by atoms with Gasteiger partial charge in [-0.05, 0) is 31.4 Å². The van der Waals surface area contributed by atoms with Gasteiger partial charge in [-0.25, -0.2) is 4.39 Å². The van der Waals surface area contributed by atoms with Gasteiger partial charge in [-0.15, -0.1) is 0 Å². The van der Waals surface area contributed by atoms with Gasteiger partial charge >= 0.3 is 0 Å². The molecule has 3 heteroatoms. The van der Waals surface area contributed by atoms with Crippen LogP contribution in [0.25, 0.3) is 0 Å². The van der Waals surface area contributed by atoms with Crippen LogP contribution in [-0.4, -0.2) is 6.61 Å². The van der Waals surface area contributed by atoms with Crippen molar-refractivity contribution in [3.63, 3.8) is 0 Å². The van der Waals surface area contributed by atoms with E-state index in [1.54, 1.807) is 12.1 Å². The minimum atomic E-state index is -0.503. The molecule has 0 N–H and O–H groups in total. The second kappa shape index (κ2) is 6.03. The third-order valence-corrected chi connectivity index (χ3v) is 3.98. The van der Waals surface area contributed by atoms with E-state index in [1.165, 1.54) is 12.5 Å². The Hall–Kier alpha value is -0.600. The van der Waals surface area contributed by atoms with Crippen LogP contribution in [0, 0.1) is 5.82 Å². The molecule has 1 aliphatic carbocycles. The first-order valence-corrected chi connectivity index (χ1v) is 7.16. The molecule has 1 aliphatic rings. The molecule has 0 spiro atoms. The average Bonchev–Trinajstić information content (AvgIpc) is 2.37. The molecule has 2 rings (SSSR count). The van der Waals surface area contributed by atoms with E-state index in [1.807, 2.05) is 0 Å². The molecule has 0 saturated heterocycles. The molecular weight excluding hydrogens is 251 g/mol. The highest BCUT2D eigenvalue weighted by atomic mass is 35.5. The number of ether oxygens (including phenoxy) is 1. The normalized spacial score (nSPS) is 18.8. The molecule has 0 amide bonds. The average molecular weight is 271 g/mol. The van der Waals surface area contributed by atoms with Gasteiger partial charge < -0.3 is 4.74 Å². The van der Waals surface area contributed by atoms with E-state index in [0.717, 1.165) is 32.1 Å². The molecule has 0 aromatic heterocycles. The fourth-order valence-corrected chi connectivity index (χ4v) is 3.16. The Labute approximate surface area is 113 Å². The predicted molar refractivity (Wildman–Crippen MR) is 72.4 cm³/mol. The van der Waals surface area contributed by atoms with E-state index in [0.29, 0.717) is 17.2 Å². The van der Waals surface area contributed by atoms with Gasteiger partial charge in [0.1, 0.15) is 5.82 Å². The monoisotopic (exact) mass is 270 g/mol. The second-order valence-corrected chi connectivity index (χ2v) is 5.41. The largest absolute Gasteiger partial charge is 0.370 e. The first-order valence-electron chi connectivity index (χ1n) is 6.78. The Morgan fingerprint density at radius 1 is 1.28 bits per heavy atom. The maximum Gasteiger partial charge on any atom is 0.130 e. The lowest BCUT2D eigenvalue weighted by Crippen LogP contribution is -2.34. The number of hydrogen-bond acceptors (Lipinski definition) is 1. The molecule has 1 saturated carbocycles. The van der Waals surface area contributed by atoms with Crippen molar-refractivity contribution in [1.82, 2.24) is 0 Å². The van der Waals surface area contributed by atoms with Gasteiger partial charge in [0, 0.05) is 17.2 Å². The molecule has 100 valence electrons. The quantitative estimate of drug-likeness (QED) is 0.743. The van der Waals surface area contributed by atoms with Crippen LogP contribution in [0.3, 0.4) is 0 Å². The lowest BCUT2D eigenvalue weighted by atomic mass is 9.79. The van der Waals surface area contributed by atoms with Crippen molar-refractivity contribution in [2.24, 2.45) is 0 Å². The van der Waals surface area contributed by atoms with Crippen molar-refractivity contribution in [2.45, 2.75) is 51.0 Å². The van der Waals surface area contributed by atoms with Crippen molar-refractivity contribution < 1.29 is 9.13 Å². The van der Waals surface area contributed by atoms with Crippen molar-refractivity contribution in [3.8, 4) is 0 Å². The highest BCUT2D eigenvalue weighted by Crippen LogP contribution is 2.44. The maximum absolute atomic E-state index is 14.1. The van der Waals surface area contributed by atoms with Gasteiger partial charge in [-0.3, -0.25) is 0 Å². The van der Waals surface area contributed by atoms with Gasteiger partial charge in [0.15, 0.2) is 0 Å². The zero-order chi connectivity index (χ0) is 13.0. The van der Waals surface area contributed by atoms with Crippen LogP contribution in [0.5, 0.6) is 0 Å². The zero-order valence-electron chi connectivity index (χ0n) is 10.8. The standard InChI is InChI=1S/C15H20ClFO/c1-2-11-18-15(9-4-3-5-10-15)14-12(16)7-6-8-13(14)17/h6-8H,2-5,9-11H2,1H3. The van der Waals surface area contributed by atoms with Gasteiger partial charge in [-0.2, -0.15) is 0 Å². The van der Waals surface area contributed by atoms with E-state index >= 15 is 0 Å². The first kappa shape index (κ1) is 13.8. The Morgan fingerprint density at radius 3 is 2.61 bits per heavy atom. The van der Waals surface area contributed by atoms with Gasteiger partial charge in [0.25, 0.3) is 0 Å². The highest BCUT2D eigenvalue weighted by Gasteiger charge is 2.38. The summed E-state index contributed by atoms with van der Waals surface area (Å²) in [6.45, 7) is 2.73. The summed E-state index contributed by atoms with van der Waals surface area (Å²) in [5.74, 6) is -0.236. The van der Waals surface area contributed by atoms with E-state index in [9.17, 15) is 4.39 Å². The fraction of sp³-hybridized carbons (Fsp3) is 0.600. The molecule has 1 aromatic carbocycles. The maximum atomic E-state index is 14.1. The summed E-state index contributed by atoms with van der Waals surface area (Å²) in [4.78, 5) is 0. The summed E-state index contributed by atoms with van der Waals surface area (Å²) in [5, 5.41) is 0.494. The van der Waals surface area contributed by atoms with Crippen LogP contribution < -0.4 is 0 Å². The molecule has 1 fully saturated rings.